The van der Waals surface area contributed by atoms with Gasteiger partial charge in [-0.25, -0.2) is 0 Å². The molecule has 3 unspecified atom stereocenters. The van der Waals surface area contributed by atoms with Crippen LogP contribution < -0.4 is 5.32 Å². The van der Waals surface area contributed by atoms with E-state index in [0.29, 0.717) is 0 Å². The van der Waals surface area contributed by atoms with Crippen LogP contribution in [0.4, 0.5) is 0 Å². The maximum Gasteiger partial charge on any atom is 0.0110 e. The van der Waals surface area contributed by atoms with Crippen molar-refractivity contribution in [3.63, 3.8) is 0 Å². The lowest BCUT2D eigenvalue weighted by molar-refractivity contribution is 0.0459. The third-order valence-electron chi connectivity index (χ3n) is 5.24. The molecule has 3 rings (SSSR count). The van der Waals surface area contributed by atoms with Gasteiger partial charge in [0.05, 0.1) is 0 Å². The van der Waals surface area contributed by atoms with Crippen molar-refractivity contribution in [2.45, 2.75) is 82.5 Å². The van der Waals surface area contributed by atoms with E-state index in [-0.39, 0.29) is 0 Å². The predicted molar refractivity (Wildman–Crippen MR) is 72.2 cm³/mol. The van der Waals surface area contributed by atoms with Gasteiger partial charge >= 0.3 is 0 Å². The number of nitrogens with zero attached hydrogens (tertiary/aromatic N) is 1. The van der Waals surface area contributed by atoms with Crippen molar-refractivity contribution < 1.29 is 0 Å². The van der Waals surface area contributed by atoms with Crippen molar-refractivity contribution in [3.05, 3.63) is 0 Å². The lowest BCUT2D eigenvalue weighted by atomic mass is 9.82. The van der Waals surface area contributed by atoms with Gasteiger partial charge in [0.15, 0.2) is 0 Å². The van der Waals surface area contributed by atoms with Crippen LogP contribution in [0.3, 0.4) is 0 Å². The van der Waals surface area contributed by atoms with Crippen LogP contribution in [0.2, 0.25) is 0 Å². The summed E-state index contributed by atoms with van der Waals surface area (Å²) in [5.74, 6) is 1.06. The number of nitrogens with one attached hydrogen (secondary N) is 1. The Hall–Kier alpha value is -0.0800. The van der Waals surface area contributed by atoms with Crippen molar-refractivity contribution in [1.29, 1.82) is 0 Å². The molecule has 0 aromatic heterocycles. The molecular formula is C15H28N2. The molecule has 1 saturated carbocycles. The van der Waals surface area contributed by atoms with Gasteiger partial charge in [-0.2, -0.15) is 0 Å². The summed E-state index contributed by atoms with van der Waals surface area (Å²) < 4.78 is 0. The Labute approximate surface area is 106 Å². The molecule has 17 heavy (non-hydrogen) atoms. The van der Waals surface area contributed by atoms with Crippen LogP contribution in [0, 0.1) is 5.92 Å². The van der Waals surface area contributed by atoms with E-state index in [0.717, 1.165) is 30.1 Å². The van der Waals surface area contributed by atoms with Gasteiger partial charge in [-0.3, -0.25) is 0 Å². The minimum atomic E-state index is 0.747. The predicted octanol–water partition coefficient (Wildman–Crippen LogP) is 2.78. The zero-order valence-electron chi connectivity index (χ0n) is 11.5. The first-order valence-electron chi connectivity index (χ1n) is 7.70. The van der Waals surface area contributed by atoms with E-state index in [4.69, 9.17) is 0 Å². The summed E-state index contributed by atoms with van der Waals surface area (Å²) in [5.41, 5.74) is 0. The summed E-state index contributed by atoms with van der Waals surface area (Å²) >= 11 is 0. The molecule has 0 amide bonds. The van der Waals surface area contributed by atoms with E-state index in [1.807, 2.05) is 0 Å². The van der Waals surface area contributed by atoms with E-state index < -0.39 is 0 Å². The van der Waals surface area contributed by atoms with Gasteiger partial charge in [-0.15, -0.1) is 0 Å². The lowest BCUT2D eigenvalue weighted by Crippen LogP contribution is -2.55. The zero-order chi connectivity index (χ0) is 11.8. The molecule has 1 N–H and O–H groups in total. The standard InChI is InChI=1S/C15H28N2/c1-11(8-12-6-7-12)16-13-9-14-4-3-5-15(10-13)17(14)2/h11-16H,3-10H2,1-2H3. The molecule has 0 aromatic carbocycles. The molecule has 1 aliphatic carbocycles. The molecule has 2 heterocycles. The molecule has 2 heteroatoms. The molecule has 3 atom stereocenters. The molecule has 2 bridgehead atoms. The number of hydrogen-bond donors (Lipinski definition) is 1. The molecule has 2 nitrogen and oxygen atoms in total. The average molecular weight is 236 g/mol. The van der Waals surface area contributed by atoms with Gasteiger partial charge < -0.3 is 10.2 Å². The summed E-state index contributed by atoms with van der Waals surface area (Å²) in [5, 5.41) is 3.91. The first-order chi connectivity index (χ1) is 8.22. The Kier molecular flexibility index (Phi) is 3.45. The third-order valence-corrected chi connectivity index (χ3v) is 5.24. The van der Waals surface area contributed by atoms with E-state index in [9.17, 15) is 0 Å². The Morgan fingerprint density at radius 1 is 1.12 bits per heavy atom. The van der Waals surface area contributed by atoms with Crippen molar-refractivity contribution >= 4 is 0 Å². The number of fused-ring (bicyclic) bond motifs is 2. The van der Waals surface area contributed by atoms with Crippen molar-refractivity contribution in [2.75, 3.05) is 7.05 Å². The van der Waals surface area contributed by atoms with Crippen LogP contribution in [0.5, 0.6) is 0 Å². The lowest BCUT2D eigenvalue weighted by Gasteiger charge is -2.47. The monoisotopic (exact) mass is 236 g/mol. The largest absolute Gasteiger partial charge is 0.311 e. The molecular weight excluding hydrogens is 208 g/mol. The van der Waals surface area contributed by atoms with Gasteiger partial charge in [0.25, 0.3) is 0 Å². The normalized spacial score (nSPS) is 40.2. The van der Waals surface area contributed by atoms with E-state index >= 15 is 0 Å². The van der Waals surface area contributed by atoms with Crippen molar-refractivity contribution in [1.82, 2.24) is 10.2 Å². The maximum absolute atomic E-state index is 3.91. The Bertz CT molecular complexity index is 248. The summed E-state index contributed by atoms with van der Waals surface area (Å²) in [6.07, 6.45) is 11.5. The van der Waals surface area contributed by atoms with E-state index in [2.05, 4.69) is 24.2 Å². The van der Waals surface area contributed by atoms with Crippen LogP contribution >= 0.6 is 0 Å². The quantitative estimate of drug-likeness (QED) is 0.807. The highest BCUT2D eigenvalue weighted by Gasteiger charge is 2.36. The third kappa shape index (κ3) is 2.85. The van der Waals surface area contributed by atoms with Gasteiger partial charge in [-0.05, 0) is 52.0 Å². The fourth-order valence-electron chi connectivity index (χ4n) is 4.08. The molecule has 3 aliphatic rings. The summed E-state index contributed by atoms with van der Waals surface area (Å²) in [6, 6.07) is 3.29. The van der Waals surface area contributed by atoms with Crippen LogP contribution in [0.15, 0.2) is 0 Å². The van der Waals surface area contributed by atoms with Gasteiger partial charge in [-0.1, -0.05) is 19.3 Å². The zero-order valence-corrected chi connectivity index (χ0v) is 11.5. The minimum Gasteiger partial charge on any atom is -0.311 e. The second-order valence-corrected chi connectivity index (χ2v) is 6.82. The Balaban J connectivity index is 1.50. The summed E-state index contributed by atoms with van der Waals surface area (Å²) in [4.78, 5) is 2.66. The van der Waals surface area contributed by atoms with E-state index in [1.165, 1.54) is 51.4 Å². The van der Waals surface area contributed by atoms with Crippen LogP contribution in [-0.4, -0.2) is 36.1 Å². The molecule has 0 aromatic rings. The van der Waals surface area contributed by atoms with Crippen LogP contribution in [-0.2, 0) is 0 Å². The topological polar surface area (TPSA) is 15.3 Å². The van der Waals surface area contributed by atoms with E-state index in [1.54, 1.807) is 0 Å². The second-order valence-electron chi connectivity index (χ2n) is 6.82. The SMILES string of the molecule is CC(CC1CC1)NC1CC2CCCC(C1)N2C. The fourth-order valence-corrected chi connectivity index (χ4v) is 4.08. The first kappa shape index (κ1) is 12.0. The average Bonchev–Trinajstić information content (AvgIpc) is 3.03. The highest BCUT2D eigenvalue weighted by Crippen LogP contribution is 2.35. The van der Waals surface area contributed by atoms with Crippen molar-refractivity contribution in [2.24, 2.45) is 5.92 Å². The number of piperidine rings is 2. The molecule has 0 spiro atoms. The summed E-state index contributed by atoms with van der Waals surface area (Å²) in [7, 11) is 2.35. The first-order valence-corrected chi connectivity index (χ1v) is 7.70. The summed E-state index contributed by atoms with van der Waals surface area (Å²) in [6.45, 7) is 2.40. The number of hydrogen-bond acceptors (Lipinski definition) is 2. The Morgan fingerprint density at radius 2 is 1.76 bits per heavy atom. The second kappa shape index (κ2) is 4.89. The minimum absolute atomic E-state index is 0.747. The smallest absolute Gasteiger partial charge is 0.0110 e. The maximum atomic E-state index is 3.91. The Morgan fingerprint density at radius 3 is 2.35 bits per heavy atom. The number of rotatable bonds is 4. The fraction of sp³-hybridized carbons (Fsp3) is 1.00. The molecule has 3 fully saturated rings. The highest BCUT2D eigenvalue weighted by molar-refractivity contribution is 4.94. The molecule has 2 aliphatic heterocycles. The van der Waals surface area contributed by atoms with Gasteiger partial charge in [0.1, 0.15) is 0 Å². The molecule has 2 saturated heterocycles. The van der Waals surface area contributed by atoms with Gasteiger partial charge in [0.2, 0.25) is 0 Å². The van der Waals surface area contributed by atoms with Gasteiger partial charge in [0, 0.05) is 24.2 Å². The molecule has 0 radical (unpaired) electrons. The van der Waals surface area contributed by atoms with Crippen LogP contribution in [0.25, 0.3) is 0 Å². The molecule has 98 valence electrons. The van der Waals surface area contributed by atoms with Crippen molar-refractivity contribution in [3.8, 4) is 0 Å². The van der Waals surface area contributed by atoms with Crippen LogP contribution in [0.1, 0.15) is 58.3 Å². The highest BCUT2D eigenvalue weighted by atomic mass is 15.2.